The second-order valence-corrected chi connectivity index (χ2v) is 9.26. The van der Waals surface area contributed by atoms with Crippen LogP contribution < -0.4 is 10.6 Å². The second-order valence-electron chi connectivity index (χ2n) is 7.32. The van der Waals surface area contributed by atoms with Crippen LogP contribution in [0.1, 0.15) is 36.0 Å². The number of ether oxygens (including phenoxy) is 1. The molecule has 7 nitrogen and oxygen atoms in total. The number of hydrogen-bond acceptors (Lipinski definition) is 5. The van der Waals surface area contributed by atoms with Crippen LogP contribution in [-0.2, 0) is 14.8 Å². The lowest BCUT2D eigenvalue weighted by molar-refractivity contribution is 0.0730. The van der Waals surface area contributed by atoms with E-state index in [0.29, 0.717) is 44.0 Å². The topological polar surface area (TPSA) is 87.7 Å². The van der Waals surface area contributed by atoms with Crippen LogP contribution in [0.5, 0.6) is 0 Å². The molecule has 2 atom stereocenters. The monoisotopic (exact) mass is 415 g/mol. The van der Waals surface area contributed by atoms with Gasteiger partial charge in [-0.1, -0.05) is 6.07 Å². The van der Waals surface area contributed by atoms with Crippen molar-refractivity contribution < 1.29 is 17.9 Å². The highest BCUT2D eigenvalue weighted by Crippen LogP contribution is 2.27. The standard InChI is InChI=1S/C18H25N3O4S.ClH/c22-18(20-16-11-14-4-5-15(12-16)19-14)13-2-1-3-17(10-13)26(23,24)21-6-8-25-9-7-21;/h1-3,10,14-16,19H,4-9,11-12H2,(H,20,22);1H. The van der Waals surface area contributed by atoms with Crippen LogP contribution in [0, 0.1) is 0 Å². The summed E-state index contributed by atoms with van der Waals surface area (Å²) >= 11 is 0. The van der Waals surface area contributed by atoms with Crippen molar-refractivity contribution >= 4 is 28.3 Å². The fraction of sp³-hybridized carbons (Fsp3) is 0.611. The van der Waals surface area contributed by atoms with Gasteiger partial charge in [0.2, 0.25) is 10.0 Å². The van der Waals surface area contributed by atoms with E-state index in [1.54, 1.807) is 18.2 Å². The molecule has 3 heterocycles. The number of sulfonamides is 1. The number of benzene rings is 1. The van der Waals surface area contributed by atoms with Crippen LogP contribution in [0.25, 0.3) is 0 Å². The largest absolute Gasteiger partial charge is 0.379 e. The van der Waals surface area contributed by atoms with Gasteiger partial charge in [-0.15, -0.1) is 12.4 Å². The molecule has 27 heavy (non-hydrogen) atoms. The third kappa shape index (κ3) is 4.46. The van der Waals surface area contributed by atoms with Gasteiger partial charge in [0.05, 0.1) is 18.1 Å². The van der Waals surface area contributed by atoms with Crippen molar-refractivity contribution in [3.05, 3.63) is 29.8 Å². The predicted octanol–water partition coefficient (Wildman–Crippen LogP) is 1.14. The number of carbonyl (C=O) groups is 1. The van der Waals surface area contributed by atoms with Crippen molar-refractivity contribution in [1.29, 1.82) is 0 Å². The molecule has 1 aromatic rings. The maximum absolute atomic E-state index is 12.8. The van der Waals surface area contributed by atoms with E-state index in [0.717, 1.165) is 12.8 Å². The van der Waals surface area contributed by atoms with Gasteiger partial charge in [-0.3, -0.25) is 4.79 Å². The molecular formula is C18H26ClN3O4S. The average molecular weight is 416 g/mol. The van der Waals surface area contributed by atoms with Crippen LogP contribution in [0.3, 0.4) is 0 Å². The van der Waals surface area contributed by atoms with Crippen LogP contribution in [0.4, 0.5) is 0 Å². The van der Waals surface area contributed by atoms with Crippen LogP contribution in [0.15, 0.2) is 29.2 Å². The van der Waals surface area contributed by atoms with Gasteiger partial charge in [0.1, 0.15) is 0 Å². The van der Waals surface area contributed by atoms with Crippen LogP contribution in [-0.4, -0.2) is 63.1 Å². The van der Waals surface area contributed by atoms with Gasteiger partial charge in [-0.05, 0) is 43.9 Å². The Morgan fingerprint density at radius 3 is 2.48 bits per heavy atom. The summed E-state index contributed by atoms with van der Waals surface area (Å²) in [5, 5.41) is 6.64. The molecule has 1 amide bonds. The van der Waals surface area contributed by atoms with Gasteiger partial charge in [0.15, 0.2) is 0 Å². The summed E-state index contributed by atoms with van der Waals surface area (Å²) in [6, 6.07) is 7.47. The Balaban J connectivity index is 0.00000210. The van der Waals surface area contributed by atoms with Gasteiger partial charge in [0.25, 0.3) is 5.91 Å². The number of amides is 1. The van der Waals surface area contributed by atoms with Crippen molar-refractivity contribution in [3.8, 4) is 0 Å². The Kier molecular flexibility index (Phi) is 6.43. The predicted molar refractivity (Wildman–Crippen MR) is 104 cm³/mol. The lowest BCUT2D eigenvalue weighted by Crippen LogP contribution is -2.48. The van der Waals surface area contributed by atoms with Gasteiger partial charge >= 0.3 is 0 Å². The average Bonchev–Trinajstić information content (AvgIpc) is 3.01. The summed E-state index contributed by atoms with van der Waals surface area (Å²) < 4.78 is 32.2. The number of nitrogens with zero attached hydrogens (tertiary/aromatic N) is 1. The Bertz CT molecular complexity index is 771. The van der Waals surface area contributed by atoms with Crippen molar-refractivity contribution in [3.63, 3.8) is 0 Å². The molecule has 3 aliphatic rings. The summed E-state index contributed by atoms with van der Waals surface area (Å²) in [6.45, 7) is 1.49. The fourth-order valence-electron chi connectivity index (χ4n) is 4.18. The minimum atomic E-state index is -3.60. The molecule has 9 heteroatoms. The molecule has 150 valence electrons. The third-order valence-electron chi connectivity index (χ3n) is 5.51. The van der Waals surface area contributed by atoms with E-state index in [2.05, 4.69) is 10.6 Å². The highest BCUT2D eigenvalue weighted by molar-refractivity contribution is 7.89. The van der Waals surface area contributed by atoms with E-state index in [1.165, 1.54) is 23.2 Å². The summed E-state index contributed by atoms with van der Waals surface area (Å²) in [6.07, 6.45) is 4.22. The van der Waals surface area contributed by atoms with Gasteiger partial charge in [0, 0.05) is 36.8 Å². The zero-order chi connectivity index (χ0) is 18.1. The number of rotatable bonds is 4. The van der Waals surface area contributed by atoms with Crippen LogP contribution >= 0.6 is 12.4 Å². The lowest BCUT2D eigenvalue weighted by atomic mass is 9.99. The molecule has 2 bridgehead atoms. The Labute approximate surface area is 166 Å². The first kappa shape index (κ1) is 20.5. The molecule has 3 aliphatic heterocycles. The minimum Gasteiger partial charge on any atom is -0.379 e. The van der Waals surface area contributed by atoms with E-state index in [1.807, 2.05) is 0 Å². The number of nitrogens with one attached hydrogen (secondary N) is 2. The second kappa shape index (κ2) is 8.45. The molecular weight excluding hydrogens is 390 g/mol. The third-order valence-corrected chi connectivity index (χ3v) is 7.41. The fourth-order valence-corrected chi connectivity index (χ4v) is 5.63. The summed E-state index contributed by atoms with van der Waals surface area (Å²) in [5.41, 5.74) is 0.394. The van der Waals surface area contributed by atoms with Crippen molar-refractivity contribution in [2.45, 2.75) is 48.7 Å². The van der Waals surface area contributed by atoms with E-state index in [-0.39, 0.29) is 29.3 Å². The quantitative estimate of drug-likeness (QED) is 0.770. The van der Waals surface area contributed by atoms with Gasteiger partial charge < -0.3 is 15.4 Å². The molecule has 1 aromatic carbocycles. The summed E-state index contributed by atoms with van der Waals surface area (Å²) in [4.78, 5) is 12.8. The Morgan fingerprint density at radius 1 is 1.15 bits per heavy atom. The number of fused-ring (bicyclic) bond motifs is 2. The lowest BCUT2D eigenvalue weighted by Gasteiger charge is -2.29. The zero-order valence-corrected chi connectivity index (χ0v) is 16.7. The number of morpholine rings is 1. The normalized spacial score (nSPS) is 28.4. The molecule has 0 aliphatic carbocycles. The molecule has 0 radical (unpaired) electrons. The highest BCUT2D eigenvalue weighted by atomic mass is 35.5. The summed E-state index contributed by atoms with van der Waals surface area (Å²) in [7, 11) is -3.60. The van der Waals surface area contributed by atoms with E-state index in [9.17, 15) is 13.2 Å². The Morgan fingerprint density at radius 2 is 1.81 bits per heavy atom. The summed E-state index contributed by atoms with van der Waals surface area (Å²) in [5.74, 6) is -0.199. The molecule has 4 rings (SSSR count). The minimum absolute atomic E-state index is 0. The molecule has 0 aromatic heterocycles. The number of piperidine rings is 1. The molecule has 0 spiro atoms. The van der Waals surface area contributed by atoms with E-state index >= 15 is 0 Å². The Hall–Kier alpha value is -1.19. The molecule has 0 saturated carbocycles. The van der Waals surface area contributed by atoms with E-state index < -0.39 is 10.0 Å². The zero-order valence-electron chi connectivity index (χ0n) is 15.1. The smallest absolute Gasteiger partial charge is 0.251 e. The van der Waals surface area contributed by atoms with Crippen molar-refractivity contribution in [2.24, 2.45) is 0 Å². The van der Waals surface area contributed by atoms with Gasteiger partial charge in [-0.2, -0.15) is 4.31 Å². The molecule has 3 saturated heterocycles. The molecule has 2 N–H and O–H groups in total. The first-order valence-corrected chi connectivity index (χ1v) is 10.7. The maximum atomic E-state index is 12.8. The highest BCUT2D eigenvalue weighted by Gasteiger charge is 2.34. The maximum Gasteiger partial charge on any atom is 0.251 e. The SMILES string of the molecule is Cl.O=C(NC1CC2CCC(C1)N2)c1cccc(S(=O)(=O)N2CCOCC2)c1. The number of carbonyl (C=O) groups excluding carboxylic acids is 1. The molecule has 3 fully saturated rings. The van der Waals surface area contributed by atoms with Crippen LogP contribution in [0.2, 0.25) is 0 Å². The number of halogens is 1. The van der Waals surface area contributed by atoms with E-state index in [4.69, 9.17) is 4.74 Å². The molecule has 2 unspecified atom stereocenters. The number of hydrogen-bond donors (Lipinski definition) is 2. The first-order valence-electron chi connectivity index (χ1n) is 9.27. The van der Waals surface area contributed by atoms with Gasteiger partial charge in [-0.25, -0.2) is 8.42 Å². The first-order chi connectivity index (χ1) is 12.5. The van der Waals surface area contributed by atoms with Crippen molar-refractivity contribution in [1.82, 2.24) is 14.9 Å². The van der Waals surface area contributed by atoms with Crippen molar-refractivity contribution in [2.75, 3.05) is 26.3 Å².